The second-order valence-electron chi connectivity index (χ2n) is 2.37. The maximum atomic E-state index is 11.8. The molecule has 7 nitrogen and oxygen atoms in total. The van der Waals surface area contributed by atoms with Gasteiger partial charge >= 0.3 is 24.1 Å². The topological polar surface area (TPSA) is 88.1 Å². The van der Waals surface area contributed by atoms with Gasteiger partial charge in [-0.05, 0) is 22.5 Å². The first-order valence-corrected chi connectivity index (χ1v) is 8.58. The lowest BCUT2D eigenvalue weighted by Gasteiger charge is -1.99. The Labute approximate surface area is 96.2 Å². The fraction of sp³-hybridized carbons (Fsp3) is 1.00. The molecule has 0 amide bonds. The van der Waals surface area contributed by atoms with Crippen molar-refractivity contribution >= 4 is 24.1 Å². The Hall–Kier alpha value is 0.270. The summed E-state index contributed by atoms with van der Waals surface area (Å²) in [7, 11) is -8.76. The van der Waals surface area contributed by atoms with Gasteiger partial charge < -0.3 is 0 Å². The van der Waals surface area contributed by atoms with Crippen molar-refractivity contribution in [3.8, 4) is 0 Å². The second-order valence-corrected chi connectivity index (χ2v) is 6.94. The molecule has 0 N–H and O–H groups in total. The predicted molar refractivity (Wildman–Crippen MR) is 58.8 cm³/mol. The molecular weight excluding hydrogens is 277 g/mol. The summed E-state index contributed by atoms with van der Waals surface area (Å²) in [4.78, 5) is 0. The van der Waals surface area contributed by atoms with Gasteiger partial charge in [-0.1, -0.05) is 6.92 Å². The first-order valence-electron chi connectivity index (χ1n) is 4.66. The summed E-state index contributed by atoms with van der Waals surface area (Å²) in [6.45, 7) is 5.00. The van der Waals surface area contributed by atoms with Crippen molar-refractivity contribution in [2.45, 2.75) is 20.8 Å². The van der Waals surface area contributed by atoms with Crippen LogP contribution in [0.25, 0.3) is 0 Å². The van der Waals surface area contributed by atoms with Crippen LogP contribution in [-0.2, 0) is 31.4 Å². The number of hydrogen-bond donors (Lipinski definition) is 0. The standard InChI is InChI=1S/C6H15O7P3/c1-4-10-14(7)12-16(9,6-3)13-15(8)11-5-2/h4-6H2,1-3H3/q+2. The smallest absolute Gasteiger partial charge is 0.252 e. The van der Waals surface area contributed by atoms with E-state index in [-0.39, 0.29) is 19.4 Å². The summed E-state index contributed by atoms with van der Waals surface area (Å²) in [6.07, 6.45) is -0.0741. The molecule has 0 aliphatic heterocycles. The number of hydrogen-bond acceptors (Lipinski definition) is 7. The van der Waals surface area contributed by atoms with E-state index in [1.54, 1.807) is 13.8 Å². The van der Waals surface area contributed by atoms with Gasteiger partial charge in [-0.25, -0.2) is 0 Å². The summed E-state index contributed by atoms with van der Waals surface area (Å²) in [6, 6.07) is 0. The zero-order valence-corrected chi connectivity index (χ0v) is 12.0. The highest BCUT2D eigenvalue weighted by Gasteiger charge is 2.45. The lowest BCUT2D eigenvalue weighted by molar-refractivity contribution is 0.270. The van der Waals surface area contributed by atoms with Crippen LogP contribution in [0.15, 0.2) is 0 Å². The molecule has 2 atom stereocenters. The van der Waals surface area contributed by atoms with Gasteiger partial charge in [0.1, 0.15) is 13.2 Å². The molecule has 0 radical (unpaired) electrons. The van der Waals surface area contributed by atoms with Crippen LogP contribution in [-0.4, -0.2) is 19.4 Å². The molecule has 0 aromatic carbocycles. The Morgan fingerprint density at radius 1 is 0.938 bits per heavy atom. The molecule has 0 saturated carbocycles. The summed E-state index contributed by atoms with van der Waals surface area (Å²) in [5, 5.41) is 0. The lowest BCUT2D eigenvalue weighted by atomic mass is 10.9. The summed E-state index contributed by atoms with van der Waals surface area (Å²) < 4.78 is 52.3. The van der Waals surface area contributed by atoms with Gasteiger partial charge in [-0.15, -0.1) is 9.05 Å². The van der Waals surface area contributed by atoms with Crippen LogP contribution in [0, 0.1) is 0 Å². The van der Waals surface area contributed by atoms with Crippen LogP contribution in [0.5, 0.6) is 0 Å². The van der Waals surface area contributed by atoms with Gasteiger partial charge in [0.15, 0.2) is 0 Å². The monoisotopic (exact) mass is 292 g/mol. The second kappa shape index (κ2) is 8.37. The zero-order chi connectivity index (χ0) is 12.6. The molecule has 0 bridgehead atoms. The average Bonchev–Trinajstić information content (AvgIpc) is 2.17. The molecular formula is C6H15O7P3+2. The summed E-state index contributed by atoms with van der Waals surface area (Å²) >= 11 is 0. The molecule has 16 heavy (non-hydrogen) atoms. The zero-order valence-electron chi connectivity index (χ0n) is 9.32. The minimum atomic E-state index is -3.69. The molecule has 0 rings (SSSR count). The molecule has 2 unspecified atom stereocenters. The quantitative estimate of drug-likeness (QED) is 0.599. The van der Waals surface area contributed by atoms with Crippen LogP contribution >= 0.6 is 24.1 Å². The summed E-state index contributed by atoms with van der Waals surface area (Å²) in [5.74, 6) is 0. The Morgan fingerprint density at radius 2 is 1.31 bits per heavy atom. The highest BCUT2D eigenvalue weighted by Crippen LogP contribution is 2.60. The van der Waals surface area contributed by atoms with Crippen molar-refractivity contribution in [2.24, 2.45) is 0 Å². The van der Waals surface area contributed by atoms with Gasteiger partial charge in [0, 0.05) is 9.13 Å². The molecule has 10 heteroatoms. The first-order chi connectivity index (χ1) is 7.47. The molecule has 0 spiro atoms. The van der Waals surface area contributed by atoms with E-state index in [9.17, 15) is 13.7 Å². The van der Waals surface area contributed by atoms with E-state index in [2.05, 4.69) is 17.7 Å². The van der Waals surface area contributed by atoms with E-state index in [1.807, 2.05) is 0 Å². The number of rotatable bonds is 9. The van der Waals surface area contributed by atoms with Crippen molar-refractivity contribution in [3.05, 3.63) is 0 Å². The third-order valence-corrected chi connectivity index (χ3v) is 6.01. The third kappa shape index (κ3) is 6.77. The molecule has 0 aliphatic rings. The fourth-order valence-corrected chi connectivity index (χ4v) is 4.33. The first kappa shape index (κ1) is 16.3. The lowest BCUT2D eigenvalue weighted by Crippen LogP contribution is -1.91. The van der Waals surface area contributed by atoms with Gasteiger partial charge in [0.05, 0.1) is 6.16 Å². The molecule has 0 saturated heterocycles. The van der Waals surface area contributed by atoms with Crippen LogP contribution in [0.1, 0.15) is 20.8 Å². The normalized spacial score (nSPS) is 16.7. The van der Waals surface area contributed by atoms with Gasteiger partial charge in [0.25, 0.3) is 0 Å². The minimum Gasteiger partial charge on any atom is -0.252 e. The van der Waals surface area contributed by atoms with E-state index in [1.165, 1.54) is 6.92 Å². The molecule has 94 valence electrons. The predicted octanol–water partition coefficient (Wildman–Crippen LogP) is 3.62. The van der Waals surface area contributed by atoms with Crippen molar-refractivity contribution < 1.29 is 31.4 Å². The van der Waals surface area contributed by atoms with Crippen LogP contribution in [0.3, 0.4) is 0 Å². The van der Waals surface area contributed by atoms with Crippen molar-refractivity contribution in [3.63, 3.8) is 0 Å². The van der Waals surface area contributed by atoms with E-state index in [4.69, 9.17) is 0 Å². The maximum absolute atomic E-state index is 11.8. The minimum absolute atomic E-state index is 0.0741. The van der Waals surface area contributed by atoms with Gasteiger partial charge in [-0.3, -0.25) is 4.57 Å². The highest BCUT2D eigenvalue weighted by atomic mass is 31.3. The average molecular weight is 292 g/mol. The van der Waals surface area contributed by atoms with E-state index >= 15 is 0 Å². The SMILES string of the molecule is CCO[P+](=O)OP(=O)(CC)O[P+](=O)OCC. The van der Waals surface area contributed by atoms with E-state index in [0.717, 1.165) is 0 Å². The third-order valence-electron chi connectivity index (χ3n) is 1.24. The fourth-order valence-electron chi connectivity index (χ4n) is 0.591. The van der Waals surface area contributed by atoms with Crippen LogP contribution in [0.2, 0.25) is 0 Å². The van der Waals surface area contributed by atoms with E-state index < -0.39 is 24.1 Å². The molecule has 0 aromatic heterocycles. The Morgan fingerprint density at radius 3 is 1.56 bits per heavy atom. The van der Waals surface area contributed by atoms with Crippen molar-refractivity contribution in [1.29, 1.82) is 0 Å². The Balaban J connectivity index is 4.36. The Kier molecular flexibility index (Phi) is 8.52. The Bertz CT molecular complexity index is 268. The maximum Gasteiger partial charge on any atom is 0.706 e. The molecule has 0 fully saturated rings. The van der Waals surface area contributed by atoms with Crippen molar-refractivity contribution in [2.75, 3.05) is 19.4 Å². The summed E-state index contributed by atoms with van der Waals surface area (Å²) in [5.41, 5.74) is 0. The molecule has 0 aliphatic carbocycles. The molecule has 0 heterocycles. The van der Waals surface area contributed by atoms with Crippen LogP contribution in [0.4, 0.5) is 0 Å². The van der Waals surface area contributed by atoms with Gasteiger partial charge in [-0.2, -0.15) is 0 Å². The van der Waals surface area contributed by atoms with Crippen LogP contribution < -0.4 is 0 Å². The van der Waals surface area contributed by atoms with Crippen molar-refractivity contribution in [1.82, 2.24) is 0 Å². The van der Waals surface area contributed by atoms with Gasteiger partial charge in [0.2, 0.25) is 0 Å². The van der Waals surface area contributed by atoms with E-state index in [0.29, 0.717) is 0 Å². The molecule has 0 aromatic rings. The largest absolute Gasteiger partial charge is 0.706 e. The highest BCUT2D eigenvalue weighted by molar-refractivity contribution is 7.65.